The van der Waals surface area contributed by atoms with Gasteiger partial charge in [-0.15, -0.1) is 0 Å². The lowest BCUT2D eigenvalue weighted by Gasteiger charge is -2.31. The third-order valence-electron chi connectivity index (χ3n) is 2.70. The van der Waals surface area contributed by atoms with Crippen LogP contribution in [0.25, 0.3) is 0 Å². The third-order valence-corrected chi connectivity index (χ3v) is 3.89. The quantitative estimate of drug-likeness (QED) is 0.855. The fraction of sp³-hybridized carbons (Fsp3) is 0.455. The number of anilines is 1. The van der Waals surface area contributed by atoms with Crippen LogP contribution in [0.3, 0.4) is 0 Å². The molecule has 1 N–H and O–H groups in total. The Morgan fingerprint density at radius 1 is 1.33 bits per heavy atom. The first kappa shape index (κ1) is 11.2. The van der Waals surface area contributed by atoms with Gasteiger partial charge in [0.1, 0.15) is 0 Å². The van der Waals surface area contributed by atoms with Crippen LogP contribution in [0.2, 0.25) is 5.02 Å². The summed E-state index contributed by atoms with van der Waals surface area (Å²) >= 11 is 9.52. The largest absolute Gasteiger partial charge is 0.369 e. The first-order chi connectivity index (χ1) is 7.18. The summed E-state index contributed by atoms with van der Waals surface area (Å²) in [5.74, 6) is 0. The van der Waals surface area contributed by atoms with E-state index in [-0.39, 0.29) is 0 Å². The van der Waals surface area contributed by atoms with E-state index in [1.165, 1.54) is 11.3 Å². The molecule has 2 rings (SSSR count). The second kappa shape index (κ2) is 4.73. The molecule has 1 aromatic rings. The van der Waals surface area contributed by atoms with E-state index >= 15 is 0 Å². The van der Waals surface area contributed by atoms with E-state index in [9.17, 15) is 0 Å². The first-order valence-electron chi connectivity index (χ1n) is 5.10. The van der Waals surface area contributed by atoms with Crippen LogP contribution in [0.5, 0.6) is 0 Å². The number of hydrogen-bond donors (Lipinski definition) is 1. The summed E-state index contributed by atoms with van der Waals surface area (Å²) < 4.78 is 0.975. The predicted molar refractivity (Wildman–Crippen MR) is 69.0 cm³/mol. The molecule has 0 spiro atoms. The van der Waals surface area contributed by atoms with Gasteiger partial charge in [0.05, 0.1) is 5.02 Å². The minimum absolute atomic E-state index is 0.784. The van der Waals surface area contributed by atoms with Crippen LogP contribution in [-0.4, -0.2) is 26.2 Å². The average Bonchev–Trinajstić information content (AvgIpc) is 2.25. The predicted octanol–water partition coefficient (Wildman–Crippen LogP) is 2.82. The number of aryl methyl sites for hydroxylation is 1. The molecule has 1 saturated heterocycles. The van der Waals surface area contributed by atoms with E-state index < -0.39 is 0 Å². The van der Waals surface area contributed by atoms with Gasteiger partial charge in [-0.2, -0.15) is 0 Å². The van der Waals surface area contributed by atoms with Gasteiger partial charge in [-0.05, 0) is 40.5 Å². The molecular formula is C11H14BrClN2. The van der Waals surface area contributed by atoms with Crippen LogP contribution in [0.1, 0.15) is 5.56 Å². The van der Waals surface area contributed by atoms with E-state index in [1.54, 1.807) is 0 Å². The Hall–Kier alpha value is -0.250. The maximum Gasteiger partial charge on any atom is 0.0552 e. The summed E-state index contributed by atoms with van der Waals surface area (Å²) in [6.45, 7) is 6.35. The molecule has 0 aromatic heterocycles. The lowest BCUT2D eigenvalue weighted by Crippen LogP contribution is -2.43. The standard InChI is InChI=1S/C11H14BrClN2/c1-8-6-10(13)9(12)7-11(8)15-4-2-14-3-5-15/h6-7,14H,2-5H2,1H3. The molecule has 0 radical (unpaired) electrons. The highest BCUT2D eigenvalue weighted by Crippen LogP contribution is 2.31. The van der Waals surface area contributed by atoms with Crippen LogP contribution in [0, 0.1) is 6.92 Å². The molecule has 1 heterocycles. The molecule has 1 aliphatic rings. The first-order valence-corrected chi connectivity index (χ1v) is 6.27. The summed E-state index contributed by atoms with van der Waals surface area (Å²) in [4.78, 5) is 2.40. The number of nitrogens with one attached hydrogen (secondary N) is 1. The Morgan fingerprint density at radius 3 is 2.67 bits per heavy atom. The second-order valence-corrected chi connectivity index (χ2v) is 5.05. The molecule has 4 heteroatoms. The van der Waals surface area contributed by atoms with Crippen LogP contribution in [-0.2, 0) is 0 Å². The Morgan fingerprint density at radius 2 is 2.00 bits per heavy atom. The van der Waals surface area contributed by atoms with Crippen molar-refractivity contribution in [1.82, 2.24) is 5.32 Å². The molecule has 2 nitrogen and oxygen atoms in total. The molecular weight excluding hydrogens is 275 g/mol. The normalized spacial score (nSPS) is 16.9. The van der Waals surface area contributed by atoms with Crippen molar-refractivity contribution in [2.45, 2.75) is 6.92 Å². The smallest absolute Gasteiger partial charge is 0.0552 e. The van der Waals surface area contributed by atoms with Crippen LogP contribution >= 0.6 is 27.5 Å². The summed E-state index contributed by atoms with van der Waals surface area (Å²) in [5.41, 5.74) is 2.53. The maximum atomic E-state index is 6.05. The van der Waals surface area contributed by atoms with E-state index in [0.29, 0.717) is 0 Å². The van der Waals surface area contributed by atoms with Crippen LogP contribution in [0.4, 0.5) is 5.69 Å². The lowest BCUT2D eigenvalue weighted by atomic mass is 10.1. The molecule has 0 bridgehead atoms. The zero-order chi connectivity index (χ0) is 10.8. The Balaban J connectivity index is 2.30. The molecule has 0 saturated carbocycles. The maximum absolute atomic E-state index is 6.05. The van der Waals surface area contributed by atoms with Crippen molar-refractivity contribution in [3.05, 3.63) is 27.2 Å². The summed E-state index contributed by atoms with van der Waals surface area (Å²) in [6.07, 6.45) is 0. The molecule has 0 atom stereocenters. The minimum atomic E-state index is 0.784. The van der Waals surface area contributed by atoms with Crippen molar-refractivity contribution < 1.29 is 0 Å². The summed E-state index contributed by atoms with van der Waals surface area (Å²) in [7, 11) is 0. The number of benzene rings is 1. The number of halogens is 2. The van der Waals surface area contributed by atoms with Crippen molar-refractivity contribution in [3.63, 3.8) is 0 Å². The molecule has 0 aliphatic carbocycles. The number of hydrogen-bond acceptors (Lipinski definition) is 2. The van der Waals surface area contributed by atoms with Gasteiger partial charge in [-0.1, -0.05) is 11.6 Å². The van der Waals surface area contributed by atoms with Gasteiger partial charge in [-0.3, -0.25) is 0 Å². The Kier molecular flexibility index (Phi) is 3.54. The molecule has 1 aliphatic heterocycles. The van der Waals surface area contributed by atoms with E-state index in [2.05, 4.69) is 39.1 Å². The summed E-state index contributed by atoms with van der Waals surface area (Å²) in [6, 6.07) is 4.13. The topological polar surface area (TPSA) is 15.3 Å². The van der Waals surface area contributed by atoms with Crippen molar-refractivity contribution >= 4 is 33.2 Å². The van der Waals surface area contributed by atoms with Crippen molar-refractivity contribution in [1.29, 1.82) is 0 Å². The van der Waals surface area contributed by atoms with Crippen LogP contribution < -0.4 is 10.2 Å². The average molecular weight is 290 g/mol. The zero-order valence-electron chi connectivity index (χ0n) is 8.69. The highest BCUT2D eigenvalue weighted by Gasteiger charge is 2.13. The SMILES string of the molecule is Cc1cc(Cl)c(Br)cc1N1CCNCC1. The van der Waals surface area contributed by atoms with Gasteiger partial charge in [0.15, 0.2) is 0 Å². The van der Waals surface area contributed by atoms with Gasteiger partial charge in [-0.25, -0.2) is 0 Å². The monoisotopic (exact) mass is 288 g/mol. The van der Waals surface area contributed by atoms with Gasteiger partial charge in [0, 0.05) is 36.3 Å². The second-order valence-electron chi connectivity index (χ2n) is 3.79. The van der Waals surface area contributed by atoms with Gasteiger partial charge >= 0.3 is 0 Å². The molecule has 82 valence electrons. The summed E-state index contributed by atoms with van der Waals surface area (Å²) in [5, 5.41) is 4.13. The van der Waals surface area contributed by atoms with Crippen molar-refractivity contribution in [2.24, 2.45) is 0 Å². The van der Waals surface area contributed by atoms with Crippen molar-refractivity contribution in [3.8, 4) is 0 Å². The van der Waals surface area contributed by atoms with Gasteiger partial charge < -0.3 is 10.2 Å². The number of rotatable bonds is 1. The molecule has 0 unspecified atom stereocenters. The minimum Gasteiger partial charge on any atom is -0.369 e. The van der Waals surface area contributed by atoms with Crippen LogP contribution in [0.15, 0.2) is 16.6 Å². The highest BCUT2D eigenvalue weighted by atomic mass is 79.9. The third kappa shape index (κ3) is 2.47. The van der Waals surface area contributed by atoms with E-state index in [4.69, 9.17) is 11.6 Å². The Labute approximate surface area is 104 Å². The Bertz CT molecular complexity index is 362. The zero-order valence-corrected chi connectivity index (χ0v) is 11.0. The van der Waals surface area contributed by atoms with E-state index in [0.717, 1.165) is 35.7 Å². The van der Waals surface area contributed by atoms with Crippen molar-refractivity contribution in [2.75, 3.05) is 31.1 Å². The molecule has 1 fully saturated rings. The fourth-order valence-corrected chi connectivity index (χ4v) is 2.43. The molecule has 15 heavy (non-hydrogen) atoms. The fourth-order valence-electron chi connectivity index (χ4n) is 1.88. The van der Waals surface area contributed by atoms with Gasteiger partial charge in [0.2, 0.25) is 0 Å². The van der Waals surface area contributed by atoms with Gasteiger partial charge in [0.25, 0.3) is 0 Å². The molecule has 1 aromatic carbocycles. The molecule has 0 amide bonds. The van der Waals surface area contributed by atoms with E-state index in [1.807, 2.05) is 6.07 Å². The number of nitrogens with zero attached hydrogens (tertiary/aromatic N) is 1. The highest BCUT2D eigenvalue weighted by molar-refractivity contribution is 9.10. The lowest BCUT2D eigenvalue weighted by molar-refractivity contribution is 0.588. The number of piperazine rings is 1.